The summed E-state index contributed by atoms with van der Waals surface area (Å²) in [5.74, 6) is 0.829. The predicted octanol–water partition coefficient (Wildman–Crippen LogP) is 3.30. The predicted molar refractivity (Wildman–Crippen MR) is 89.2 cm³/mol. The van der Waals surface area contributed by atoms with E-state index in [1.807, 2.05) is 18.2 Å². The molecule has 0 unspecified atom stereocenters. The van der Waals surface area contributed by atoms with E-state index in [0.29, 0.717) is 23.6 Å². The summed E-state index contributed by atoms with van der Waals surface area (Å²) in [5.41, 5.74) is 1.52. The van der Waals surface area contributed by atoms with Crippen molar-refractivity contribution in [2.75, 3.05) is 20.8 Å². The highest BCUT2D eigenvalue weighted by atomic mass is 19.1. The largest absolute Gasteiger partial charge is 0.493 e. The lowest BCUT2D eigenvalue weighted by molar-refractivity contribution is 0.0949. The molecule has 1 amide bonds. The van der Waals surface area contributed by atoms with E-state index in [1.165, 1.54) is 24.3 Å². The molecule has 126 valence electrons. The number of ether oxygens (including phenoxy) is 2. The molecule has 1 aliphatic rings. The lowest BCUT2D eigenvalue weighted by atomic mass is 9.95. The van der Waals surface area contributed by atoms with Crippen LogP contribution in [0.3, 0.4) is 0 Å². The third kappa shape index (κ3) is 3.20. The number of rotatable bonds is 6. The molecule has 2 aromatic carbocycles. The second-order valence-electron chi connectivity index (χ2n) is 6.04. The molecule has 0 bridgehead atoms. The van der Waals surface area contributed by atoms with Crippen molar-refractivity contribution in [2.24, 2.45) is 0 Å². The summed E-state index contributed by atoms with van der Waals surface area (Å²) >= 11 is 0. The smallest absolute Gasteiger partial charge is 0.251 e. The van der Waals surface area contributed by atoms with Gasteiger partial charge in [-0.25, -0.2) is 4.39 Å². The maximum Gasteiger partial charge on any atom is 0.251 e. The van der Waals surface area contributed by atoms with Gasteiger partial charge >= 0.3 is 0 Å². The highest BCUT2D eigenvalue weighted by molar-refractivity contribution is 5.94. The van der Waals surface area contributed by atoms with Crippen molar-refractivity contribution in [1.29, 1.82) is 0 Å². The van der Waals surface area contributed by atoms with E-state index in [0.717, 1.165) is 18.4 Å². The van der Waals surface area contributed by atoms with Crippen LogP contribution in [0.5, 0.6) is 11.5 Å². The van der Waals surface area contributed by atoms with Crippen LogP contribution in [0.1, 0.15) is 28.8 Å². The van der Waals surface area contributed by atoms with Crippen molar-refractivity contribution in [3.05, 3.63) is 59.4 Å². The summed E-state index contributed by atoms with van der Waals surface area (Å²) in [5, 5.41) is 2.95. The molecular weight excluding hydrogens is 309 g/mol. The fourth-order valence-electron chi connectivity index (χ4n) is 2.84. The molecule has 2 aromatic rings. The van der Waals surface area contributed by atoms with Crippen molar-refractivity contribution >= 4 is 5.91 Å². The number of hydrogen-bond acceptors (Lipinski definition) is 3. The molecule has 0 spiro atoms. The normalized spacial score (nSPS) is 14.8. The third-order valence-corrected chi connectivity index (χ3v) is 4.54. The Hall–Kier alpha value is -2.56. The Balaban J connectivity index is 1.71. The molecule has 24 heavy (non-hydrogen) atoms. The Bertz CT molecular complexity index is 739. The number of benzene rings is 2. The molecule has 0 heterocycles. The average Bonchev–Trinajstić information content (AvgIpc) is 3.41. The van der Waals surface area contributed by atoms with Crippen molar-refractivity contribution in [1.82, 2.24) is 5.32 Å². The number of carbonyl (C=O) groups excluding carboxylic acids is 1. The number of methoxy groups -OCH3 is 2. The Morgan fingerprint density at radius 1 is 1.08 bits per heavy atom. The minimum atomic E-state index is -0.351. The Kier molecular flexibility index (Phi) is 4.42. The van der Waals surface area contributed by atoms with Gasteiger partial charge in [-0.05, 0) is 54.8 Å². The first-order valence-corrected chi connectivity index (χ1v) is 7.84. The van der Waals surface area contributed by atoms with Gasteiger partial charge in [0.2, 0.25) is 0 Å². The summed E-state index contributed by atoms with van der Waals surface area (Å²) < 4.78 is 23.6. The molecule has 0 aromatic heterocycles. The van der Waals surface area contributed by atoms with Crippen molar-refractivity contribution in [2.45, 2.75) is 18.3 Å². The van der Waals surface area contributed by atoms with Crippen LogP contribution in [-0.2, 0) is 5.41 Å². The molecule has 3 rings (SSSR count). The van der Waals surface area contributed by atoms with Gasteiger partial charge in [0.25, 0.3) is 5.91 Å². The van der Waals surface area contributed by atoms with Gasteiger partial charge in [0.05, 0.1) is 14.2 Å². The van der Waals surface area contributed by atoms with Crippen LogP contribution in [-0.4, -0.2) is 26.7 Å². The van der Waals surface area contributed by atoms with Crippen LogP contribution < -0.4 is 14.8 Å². The fraction of sp³-hybridized carbons (Fsp3) is 0.316. The minimum Gasteiger partial charge on any atom is -0.493 e. The molecule has 0 atom stereocenters. The number of nitrogens with one attached hydrogen (secondary N) is 1. The molecule has 0 aliphatic heterocycles. The van der Waals surface area contributed by atoms with E-state index < -0.39 is 0 Å². The summed E-state index contributed by atoms with van der Waals surface area (Å²) in [4.78, 5) is 12.2. The second kappa shape index (κ2) is 6.51. The molecule has 1 saturated carbocycles. The maximum absolute atomic E-state index is 12.9. The number of carbonyl (C=O) groups is 1. The zero-order valence-corrected chi connectivity index (χ0v) is 13.8. The van der Waals surface area contributed by atoms with Gasteiger partial charge in [-0.2, -0.15) is 0 Å². The monoisotopic (exact) mass is 329 g/mol. The van der Waals surface area contributed by atoms with Crippen molar-refractivity contribution < 1.29 is 18.7 Å². The Morgan fingerprint density at radius 3 is 2.33 bits per heavy atom. The Morgan fingerprint density at radius 2 is 1.75 bits per heavy atom. The van der Waals surface area contributed by atoms with Gasteiger partial charge in [-0.15, -0.1) is 0 Å². The highest BCUT2D eigenvalue weighted by Gasteiger charge is 2.44. The summed E-state index contributed by atoms with van der Waals surface area (Å²) in [6.45, 7) is 0.540. The lowest BCUT2D eigenvalue weighted by Gasteiger charge is -2.18. The maximum atomic E-state index is 12.9. The van der Waals surface area contributed by atoms with Crippen LogP contribution in [0.25, 0.3) is 0 Å². The van der Waals surface area contributed by atoms with Crippen LogP contribution >= 0.6 is 0 Å². The summed E-state index contributed by atoms with van der Waals surface area (Å²) in [7, 11) is 3.21. The van der Waals surface area contributed by atoms with Crippen LogP contribution in [0, 0.1) is 5.82 Å². The zero-order chi connectivity index (χ0) is 17.2. The average molecular weight is 329 g/mol. The lowest BCUT2D eigenvalue weighted by Crippen LogP contribution is -2.32. The number of halogens is 1. The standard InChI is InChI=1S/C19H20FNO3/c1-23-16-8-5-14(11-17(16)24-2)19(9-10-19)12-21-18(22)13-3-6-15(20)7-4-13/h3-8,11H,9-10,12H2,1-2H3,(H,21,22). The van der Waals surface area contributed by atoms with Gasteiger partial charge in [0.1, 0.15) is 5.82 Å². The van der Waals surface area contributed by atoms with E-state index >= 15 is 0 Å². The molecule has 5 heteroatoms. The molecule has 0 saturated heterocycles. The second-order valence-corrected chi connectivity index (χ2v) is 6.04. The van der Waals surface area contributed by atoms with E-state index in [4.69, 9.17) is 9.47 Å². The van der Waals surface area contributed by atoms with Gasteiger partial charge in [0, 0.05) is 17.5 Å². The summed E-state index contributed by atoms with van der Waals surface area (Å²) in [6, 6.07) is 11.4. The first kappa shape index (κ1) is 16.3. The summed E-state index contributed by atoms with van der Waals surface area (Å²) in [6.07, 6.45) is 2.01. The topological polar surface area (TPSA) is 47.6 Å². The van der Waals surface area contributed by atoms with Crippen LogP contribution in [0.4, 0.5) is 4.39 Å². The van der Waals surface area contributed by atoms with Crippen LogP contribution in [0.2, 0.25) is 0 Å². The molecule has 0 radical (unpaired) electrons. The first-order chi connectivity index (χ1) is 11.6. The van der Waals surface area contributed by atoms with Gasteiger partial charge in [0.15, 0.2) is 11.5 Å². The molecule has 4 nitrogen and oxygen atoms in total. The zero-order valence-electron chi connectivity index (χ0n) is 13.8. The van der Waals surface area contributed by atoms with E-state index in [9.17, 15) is 9.18 Å². The fourth-order valence-corrected chi connectivity index (χ4v) is 2.84. The molecule has 1 fully saturated rings. The SMILES string of the molecule is COc1ccc(C2(CNC(=O)c3ccc(F)cc3)CC2)cc1OC. The quantitative estimate of drug-likeness (QED) is 0.884. The Labute approximate surface area is 140 Å². The minimum absolute atomic E-state index is 0.0603. The first-order valence-electron chi connectivity index (χ1n) is 7.84. The van der Waals surface area contributed by atoms with E-state index in [1.54, 1.807) is 14.2 Å². The van der Waals surface area contributed by atoms with Gasteiger partial charge in [-0.3, -0.25) is 4.79 Å². The van der Waals surface area contributed by atoms with Gasteiger partial charge < -0.3 is 14.8 Å². The highest BCUT2D eigenvalue weighted by Crippen LogP contribution is 2.49. The van der Waals surface area contributed by atoms with Gasteiger partial charge in [-0.1, -0.05) is 6.07 Å². The molecule has 1 N–H and O–H groups in total. The van der Waals surface area contributed by atoms with E-state index in [-0.39, 0.29) is 17.1 Å². The van der Waals surface area contributed by atoms with Crippen molar-refractivity contribution in [3.63, 3.8) is 0 Å². The third-order valence-electron chi connectivity index (χ3n) is 4.54. The van der Waals surface area contributed by atoms with E-state index in [2.05, 4.69) is 5.32 Å². The number of amides is 1. The number of hydrogen-bond donors (Lipinski definition) is 1. The molecule has 1 aliphatic carbocycles. The van der Waals surface area contributed by atoms with Crippen LogP contribution in [0.15, 0.2) is 42.5 Å². The molecular formula is C19H20FNO3. The van der Waals surface area contributed by atoms with Crippen molar-refractivity contribution in [3.8, 4) is 11.5 Å².